The van der Waals surface area contributed by atoms with E-state index in [9.17, 15) is 4.79 Å². The first-order valence-electron chi connectivity index (χ1n) is 3.60. The van der Waals surface area contributed by atoms with Crippen molar-refractivity contribution in [2.45, 2.75) is 20.0 Å². The lowest BCUT2D eigenvalue weighted by atomic mass is 10.3. The Morgan fingerprint density at radius 1 is 1.83 bits per heavy atom. The van der Waals surface area contributed by atoms with Gasteiger partial charge in [-0.1, -0.05) is 0 Å². The molecule has 1 aromatic heterocycles. The third-order valence-electron chi connectivity index (χ3n) is 1.47. The number of rotatable bonds is 2. The van der Waals surface area contributed by atoms with Gasteiger partial charge >= 0.3 is 0 Å². The van der Waals surface area contributed by atoms with Crippen molar-refractivity contribution in [2.24, 2.45) is 0 Å². The molecule has 5 nitrogen and oxygen atoms in total. The largest absolute Gasteiger partial charge is 0.384 e. The number of nitrogens with zero attached hydrogens (tertiary/aromatic N) is 1. The number of aliphatic hydroxyl groups is 1. The van der Waals surface area contributed by atoms with Gasteiger partial charge in [0.25, 0.3) is 5.91 Å². The Balaban J connectivity index is 2.64. The van der Waals surface area contributed by atoms with Crippen molar-refractivity contribution in [3.63, 3.8) is 0 Å². The number of amides is 1. The molecule has 1 heterocycles. The molecule has 1 atom stereocenters. The van der Waals surface area contributed by atoms with E-state index in [0.717, 1.165) is 5.69 Å². The van der Waals surface area contributed by atoms with Crippen molar-refractivity contribution in [1.29, 1.82) is 0 Å². The molecule has 0 spiro atoms. The predicted octanol–water partition coefficient (Wildman–Crippen LogP) is 0.0374. The summed E-state index contributed by atoms with van der Waals surface area (Å²) >= 11 is 0. The van der Waals surface area contributed by atoms with E-state index in [0.29, 0.717) is 5.69 Å². The lowest BCUT2D eigenvalue weighted by Crippen LogP contribution is -2.24. The van der Waals surface area contributed by atoms with Crippen LogP contribution in [0.25, 0.3) is 0 Å². The van der Waals surface area contributed by atoms with Crippen LogP contribution in [-0.4, -0.2) is 27.3 Å². The van der Waals surface area contributed by atoms with Gasteiger partial charge in [-0.3, -0.25) is 9.89 Å². The molecule has 0 radical (unpaired) electrons. The van der Waals surface area contributed by atoms with Gasteiger partial charge in [-0.05, 0) is 13.8 Å². The smallest absolute Gasteiger partial charge is 0.253 e. The molecule has 5 heteroatoms. The molecule has 0 aliphatic rings. The van der Waals surface area contributed by atoms with Gasteiger partial charge in [0.15, 0.2) is 0 Å². The minimum absolute atomic E-state index is 0.431. The van der Waals surface area contributed by atoms with E-state index >= 15 is 0 Å². The molecule has 0 aliphatic heterocycles. The van der Waals surface area contributed by atoms with E-state index in [2.05, 4.69) is 15.5 Å². The topological polar surface area (TPSA) is 78.0 Å². The van der Waals surface area contributed by atoms with E-state index in [4.69, 9.17) is 5.11 Å². The molecule has 0 fully saturated rings. The van der Waals surface area contributed by atoms with Crippen LogP contribution in [0.3, 0.4) is 0 Å². The van der Waals surface area contributed by atoms with Crippen LogP contribution in [0, 0.1) is 6.92 Å². The fourth-order valence-corrected chi connectivity index (χ4v) is 0.714. The normalized spacial score (nSPS) is 12.6. The van der Waals surface area contributed by atoms with Gasteiger partial charge in [0.05, 0.1) is 17.6 Å². The van der Waals surface area contributed by atoms with Crippen molar-refractivity contribution in [3.8, 4) is 0 Å². The van der Waals surface area contributed by atoms with Crippen molar-refractivity contribution in [1.82, 2.24) is 10.2 Å². The maximum Gasteiger partial charge on any atom is 0.253 e. The summed E-state index contributed by atoms with van der Waals surface area (Å²) in [4.78, 5) is 11.0. The molecule has 0 bridgehead atoms. The number of anilines is 1. The minimum atomic E-state index is -1.00. The molecule has 0 saturated carbocycles. The van der Waals surface area contributed by atoms with Crippen LogP contribution < -0.4 is 5.32 Å². The van der Waals surface area contributed by atoms with Crippen LogP contribution in [0.5, 0.6) is 0 Å². The summed E-state index contributed by atoms with van der Waals surface area (Å²) in [6.07, 6.45) is 0.495. The standard InChI is InChI=1S/C7H11N3O2/c1-4-6(3-8-10-4)9-7(12)5(2)11/h3,5,11H,1-2H3,(H,8,10)(H,9,12)/t5-/m0/s1. The monoisotopic (exact) mass is 169 g/mol. The van der Waals surface area contributed by atoms with Crippen LogP contribution in [0.4, 0.5) is 5.69 Å². The highest BCUT2D eigenvalue weighted by Crippen LogP contribution is 2.09. The molecule has 12 heavy (non-hydrogen) atoms. The number of aliphatic hydroxyl groups excluding tert-OH is 1. The number of carbonyl (C=O) groups excluding carboxylic acids is 1. The molecule has 1 aromatic rings. The highest BCUT2D eigenvalue weighted by Gasteiger charge is 2.10. The molecule has 1 amide bonds. The Bertz CT molecular complexity index is 280. The van der Waals surface area contributed by atoms with Gasteiger partial charge in [0.1, 0.15) is 6.10 Å². The van der Waals surface area contributed by atoms with Crippen LogP contribution in [-0.2, 0) is 4.79 Å². The van der Waals surface area contributed by atoms with Crippen LogP contribution in [0.15, 0.2) is 6.20 Å². The fourth-order valence-electron chi connectivity index (χ4n) is 0.714. The van der Waals surface area contributed by atoms with Gasteiger partial charge in [-0.25, -0.2) is 0 Å². The zero-order valence-corrected chi connectivity index (χ0v) is 6.96. The molecule has 0 aromatic carbocycles. The highest BCUT2D eigenvalue weighted by atomic mass is 16.3. The van der Waals surface area contributed by atoms with E-state index in [-0.39, 0.29) is 0 Å². The second-order valence-electron chi connectivity index (χ2n) is 2.57. The van der Waals surface area contributed by atoms with Gasteiger partial charge in [-0.15, -0.1) is 0 Å². The lowest BCUT2D eigenvalue weighted by Gasteiger charge is -2.04. The Hall–Kier alpha value is -1.36. The number of H-pyrrole nitrogens is 1. The van der Waals surface area contributed by atoms with E-state index in [1.54, 1.807) is 6.92 Å². The number of carbonyl (C=O) groups is 1. The molecular formula is C7H11N3O2. The van der Waals surface area contributed by atoms with Crippen LogP contribution in [0.1, 0.15) is 12.6 Å². The average molecular weight is 169 g/mol. The second-order valence-corrected chi connectivity index (χ2v) is 2.57. The average Bonchev–Trinajstić information content (AvgIpc) is 2.36. The number of nitrogens with one attached hydrogen (secondary N) is 2. The van der Waals surface area contributed by atoms with Crippen molar-refractivity contribution >= 4 is 11.6 Å². The van der Waals surface area contributed by atoms with Crippen molar-refractivity contribution in [2.75, 3.05) is 5.32 Å². The zero-order valence-electron chi connectivity index (χ0n) is 6.96. The first-order chi connectivity index (χ1) is 5.61. The summed E-state index contributed by atoms with van der Waals surface area (Å²) in [6, 6.07) is 0. The third-order valence-corrected chi connectivity index (χ3v) is 1.47. The van der Waals surface area contributed by atoms with Gasteiger partial charge in [0, 0.05) is 0 Å². The lowest BCUT2D eigenvalue weighted by molar-refractivity contribution is -0.123. The fraction of sp³-hybridized carbons (Fsp3) is 0.429. The number of aromatic nitrogens is 2. The molecule has 0 unspecified atom stereocenters. The Kier molecular flexibility index (Phi) is 2.44. The van der Waals surface area contributed by atoms with E-state index < -0.39 is 12.0 Å². The second kappa shape index (κ2) is 3.36. The van der Waals surface area contributed by atoms with Gasteiger partial charge < -0.3 is 10.4 Å². The predicted molar refractivity (Wildman–Crippen MR) is 43.6 cm³/mol. The van der Waals surface area contributed by atoms with Crippen molar-refractivity contribution in [3.05, 3.63) is 11.9 Å². The number of aromatic amines is 1. The highest BCUT2D eigenvalue weighted by molar-refractivity contribution is 5.93. The van der Waals surface area contributed by atoms with Gasteiger partial charge in [0.2, 0.25) is 0 Å². The number of hydrogen-bond donors (Lipinski definition) is 3. The molecule has 3 N–H and O–H groups in total. The minimum Gasteiger partial charge on any atom is -0.384 e. The summed E-state index contributed by atoms with van der Waals surface area (Å²) in [5, 5.41) is 17.8. The summed E-state index contributed by atoms with van der Waals surface area (Å²) in [7, 11) is 0. The maximum absolute atomic E-state index is 11.0. The van der Waals surface area contributed by atoms with E-state index in [1.165, 1.54) is 13.1 Å². The SMILES string of the molecule is Cc1[nH]ncc1NC(=O)[C@H](C)O. The number of aryl methyl sites for hydroxylation is 1. The Morgan fingerprint density at radius 2 is 2.50 bits per heavy atom. The molecule has 0 aliphatic carbocycles. The first kappa shape index (κ1) is 8.73. The molecule has 0 saturated heterocycles. The summed E-state index contributed by atoms with van der Waals surface area (Å²) in [6.45, 7) is 3.19. The molecular weight excluding hydrogens is 158 g/mol. The Morgan fingerprint density at radius 3 is 2.92 bits per heavy atom. The quantitative estimate of drug-likeness (QED) is 0.584. The summed E-state index contributed by atoms with van der Waals surface area (Å²) < 4.78 is 0. The summed E-state index contributed by atoms with van der Waals surface area (Å²) in [5.41, 5.74) is 1.37. The summed E-state index contributed by atoms with van der Waals surface area (Å²) in [5.74, 6) is -0.431. The van der Waals surface area contributed by atoms with Crippen LogP contribution >= 0.6 is 0 Å². The van der Waals surface area contributed by atoms with E-state index in [1.807, 2.05) is 0 Å². The Labute approximate surface area is 69.8 Å². The maximum atomic E-state index is 11.0. The van der Waals surface area contributed by atoms with Gasteiger partial charge in [-0.2, -0.15) is 5.10 Å². The number of hydrogen-bond acceptors (Lipinski definition) is 3. The first-order valence-corrected chi connectivity index (χ1v) is 3.60. The molecule has 1 rings (SSSR count). The van der Waals surface area contributed by atoms with Crippen molar-refractivity contribution < 1.29 is 9.90 Å². The van der Waals surface area contributed by atoms with Crippen LogP contribution in [0.2, 0.25) is 0 Å². The molecule has 66 valence electrons. The zero-order chi connectivity index (χ0) is 9.14. The third kappa shape index (κ3) is 1.82.